The summed E-state index contributed by atoms with van der Waals surface area (Å²) in [6, 6.07) is 0.915. The van der Waals surface area contributed by atoms with Gasteiger partial charge in [0.25, 0.3) is 0 Å². The van der Waals surface area contributed by atoms with Gasteiger partial charge in [-0.05, 0) is 50.5 Å². The van der Waals surface area contributed by atoms with E-state index in [4.69, 9.17) is 0 Å². The van der Waals surface area contributed by atoms with Crippen LogP contribution in [0.1, 0.15) is 37.1 Å². The van der Waals surface area contributed by atoms with Crippen molar-refractivity contribution in [1.82, 2.24) is 14.8 Å². The third-order valence-electron chi connectivity index (χ3n) is 5.86. The number of fused-ring (bicyclic) bond motifs is 1. The Morgan fingerprint density at radius 1 is 1.29 bits per heavy atom. The first-order valence-corrected chi connectivity index (χ1v) is 9.48. The van der Waals surface area contributed by atoms with E-state index in [1.807, 2.05) is 6.20 Å². The van der Waals surface area contributed by atoms with Crippen LogP contribution in [-0.4, -0.2) is 47.5 Å². The zero-order chi connectivity index (χ0) is 14.2. The summed E-state index contributed by atoms with van der Waals surface area (Å²) in [5.74, 6) is 2.84. The number of rotatable bonds is 5. The average molecular weight is 305 g/mol. The van der Waals surface area contributed by atoms with Gasteiger partial charge in [-0.3, -0.25) is 4.90 Å². The topological polar surface area (TPSA) is 19.4 Å². The number of hydrogen-bond acceptors (Lipinski definition) is 4. The number of hydrogen-bond donors (Lipinski definition) is 0. The molecule has 116 valence electrons. The lowest BCUT2D eigenvalue weighted by atomic mass is 9.73. The third-order valence-corrected chi connectivity index (χ3v) is 6.62. The fourth-order valence-electron chi connectivity index (χ4n) is 4.60. The Labute approximate surface area is 132 Å². The Hall–Kier alpha value is -0.450. The van der Waals surface area contributed by atoms with Gasteiger partial charge in [0, 0.05) is 37.3 Å². The highest BCUT2D eigenvalue weighted by Gasteiger charge is 2.41. The van der Waals surface area contributed by atoms with Crippen molar-refractivity contribution < 1.29 is 0 Å². The van der Waals surface area contributed by atoms with Gasteiger partial charge in [0.15, 0.2) is 0 Å². The van der Waals surface area contributed by atoms with Crippen molar-refractivity contribution in [3.8, 4) is 0 Å². The van der Waals surface area contributed by atoms with Crippen molar-refractivity contribution in [3.05, 3.63) is 16.6 Å². The van der Waals surface area contributed by atoms with Crippen molar-refractivity contribution in [3.63, 3.8) is 0 Å². The first-order valence-electron chi connectivity index (χ1n) is 8.60. The zero-order valence-electron chi connectivity index (χ0n) is 13.1. The molecule has 0 amide bonds. The molecule has 3 fully saturated rings. The molecule has 2 saturated carbocycles. The van der Waals surface area contributed by atoms with E-state index in [9.17, 15) is 0 Å². The maximum absolute atomic E-state index is 4.46. The van der Waals surface area contributed by atoms with Crippen LogP contribution in [0, 0.1) is 17.8 Å². The molecule has 1 aromatic heterocycles. The number of likely N-dealkylation sites (tertiary alicyclic amines) is 1. The molecular weight excluding hydrogens is 278 g/mol. The summed E-state index contributed by atoms with van der Waals surface area (Å²) in [5, 5.41) is 3.39. The molecule has 3 aliphatic rings. The molecule has 4 heteroatoms. The first kappa shape index (κ1) is 14.2. The summed E-state index contributed by atoms with van der Waals surface area (Å²) < 4.78 is 0. The normalized spacial score (nSPS) is 33.5. The van der Waals surface area contributed by atoms with Gasteiger partial charge in [-0.2, -0.15) is 0 Å². The van der Waals surface area contributed by atoms with Gasteiger partial charge in [-0.1, -0.05) is 6.42 Å². The Kier molecular flexibility index (Phi) is 4.03. The van der Waals surface area contributed by atoms with Crippen LogP contribution in [0.4, 0.5) is 0 Å². The summed E-state index contributed by atoms with van der Waals surface area (Å²) in [6.45, 7) is 5.05. The van der Waals surface area contributed by atoms with E-state index in [-0.39, 0.29) is 0 Å². The van der Waals surface area contributed by atoms with Gasteiger partial charge in [0.2, 0.25) is 0 Å². The van der Waals surface area contributed by atoms with Crippen LogP contribution in [0.25, 0.3) is 0 Å². The summed E-state index contributed by atoms with van der Waals surface area (Å²) in [5.41, 5.74) is 0. The van der Waals surface area contributed by atoms with Crippen LogP contribution >= 0.6 is 11.3 Å². The van der Waals surface area contributed by atoms with E-state index in [1.165, 1.54) is 56.7 Å². The van der Waals surface area contributed by atoms with E-state index >= 15 is 0 Å². The first-order chi connectivity index (χ1) is 10.3. The smallest absolute Gasteiger partial charge is 0.107 e. The average Bonchev–Trinajstić information content (AvgIpc) is 3.06. The number of aromatic nitrogens is 1. The summed E-state index contributed by atoms with van der Waals surface area (Å²) in [7, 11) is 2.35. The minimum atomic E-state index is 0.915. The number of nitrogens with zero attached hydrogens (tertiary/aromatic N) is 3. The molecule has 0 bridgehead atoms. The lowest BCUT2D eigenvalue weighted by Crippen LogP contribution is -2.36. The van der Waals surface area contributed by atoms with Crippen molar-refractivity contribution in [2.45, 2.75) is 44.7 Å². The van der Waals surface area contributed by atoms with Crippen LogP contribution in [0.3, 0.4) is 0 Å². The molecule has 21 heavy (non-hydrogen) atoms. The van der Waals surface area contributed by atoms with Gasteiger partial charge >= 0.3 is 0 Å². The fraction of sp³-hybridized carbons (Fsp3) is 0.824. The van der Waals surface area contributed by atoms with Gasteiger partial charge < -0.3 is 4.90 Å². The highest BCUT2D eigenvalue weighted by Crippen LogP contribution is 2.41. The molecule has 0 unspecified atom stereocenters. The summed E-state index contributed by atoms with van der Waals surface area (Å²) >= 11 is 1.81. The molecular formula is C17H27N3S. The fourth-order valence-corrected chi connectivity index (χ4v) is 5.25. The molecule has 2 aliphatic carbocycles. The molecule has 0 radical (unpaired) electrons. The second-order valence-corrected chi connectivity index (χ2v) is 8.38. The van der Waals surface area contributed by atoms with E-state index in [1.54, 1.807) is 11.3 Å². The predicted octanol–water partition coefficient (Wildman–Crippen LogP) is 3.09. The van der Waals surface area contributed by atoms with Gasteiger partial charge in [-0.15, -0.1) is 11.3 Å². The molecule has 0 spiro atoms. The molecule has 1 saturated heterocycles. The predicted molar refractivity (Wildman–Crippen MR) is 87.4 cm³/mol. The standard InChI is InChI=1S/C17H27N3S/c1-19(15-5-6-15)9-13-3-2-4-14-10-20(11-16(13)14)12-17-18-7-8-21-17/h7-8,13-16H,2-6,9-12H2,1H3/t13-,14+,16+/m0/s1. The lowest BCUT2D eigenvalue weighted by Gasteiger charge is -2.35. The third kappa shape index (κ3) is 3.17. The Morgan fingerprint density at radius 2 is 2.19 bits per heavy atom. The Bertz CT molecular complexity index is 457. The minimum Gasteiger partial charge on any atom is -0.303 e. The van der Waals surface area contributed by atoms with Crippen LogP contribution in [0.5, 0.6) is 0 Å². The van der Waals surface area contributed by atoms with Crippen molar-refractivity contribution >= 4 is 11.3 Å². The number of thiazole rings is 1. The maximum atomic E-state index is 4.46. The SMILES string of the molecule is CN(C[C@@H]1CCC[C@@H]2CN(Cc3nccs3)C[C@@H]21)C1CC1. The van der Waals surface area contributed by atoms with Crippen LogP contribution < -0.4 is 0 Å². The monoisotopic (exact) mass is 305 g/mol. The van der Waals surface area contributed by atoms with Crippen molar-refractivity contribution in [2.24, 2.45) is 17.8 Å². The quantitative estimate of drug-likeness (QED) is 0.833. The van der Waals surface area contributed by atoms with Crippen LogP contribution in [0.15, 0.2) is 11.6 Å². The largest absolute Gasteiger partial charge is 0.303 e. The van der Waals surface area contributed by atoms with E-state index < -0.39 is 0 Å². The van der Waals surface area contributed by atoms with Crippen LogP contribution in [-0.2, 0) is 6.54 Å². The van der Waals surface area contributed by atoms with E-state index in [2.05, 4.69) is 27.2 Å². The van der Waals surface area contributed by atoms with E-state index in [0.29, 0.717) is 0 Å². The Morgan fingerprint density at radius 3 is 2.95 bits per heavy atom. The summed E-state index contributed by atoms with van der Waals surface area (Å²) in [6.07, 6.45) is 9.19. The zero-order valence-corrected chi connectivity index (χ0v) is 13.9. The molecule has 3 atom stereocenters. The second kappa shape index (κ2) is 5.98. The highest BCUT2D eigenvalue weighted by molar-refractivity contribution is 7.09. The molecule has 1 aliphatic heterocycles. The van der Waals surface area contributed by atoms with Crippen molar-refractivity contribution in [2.75, 3.05) is 26.7 Å². The minimum absolute atomic E-state index is 0.915. The molecule has 3 nitrogen and oxygen atoms in total. The van der Waals surface area contributed by atoms with E-state index in [0.717, 1.165) is 30.3 Å². The molecule has 0 aromatic carbocycles. The molecule has 2 heterocycles. The maximum Gasteiger partial charge on any atom is 0.107 e. The summed E-state index contributed by atoms with van der Waals surface area (Å²) in [4.78, 5) is 9.78. The second-order valence-electron chi connectivity index (χ2n) is 7.41. The highest BCUT2D eigenvalue weighted by atomic mass is 32.1. The molecule has 0 N–H and O–H groups in total. The van der Waals surface area contributed by atoms with Crippen molar-refractivity contribution in [1.29, 1.82) is 0 Å². The van der Waals surface area contributed by atoms with Gasteiger partial charge in [0.1, 0.15) is 5.01 Å². The molecule has 1 aromatic rings. The van der Waals surface area contributed by atoms with Crippen LogP contribution in [0.2, 0.25) is 0 Å². The van der Waals surface area contributed by atoms with Gasteiger partial charge in [-0.25, -0.2) is 4.98 Å². The molecule has 4 rings (SSSR count). The van der Waals surface area contributed by atoms with Gasteiger partial charge in [0.05, 0.1) is 6.54 Å². The Balaban J connectivity index is 1.37. The lowest BCUT2D eigenvalue weighted by molar-refractivity contribution is 0.143.